The number of aryl methyl sites for hydroxylation is 1. The highest BCUT2D eigenvalue weighted by atomic mass is 79.9. The van der Waals surface area contributed by atoms with Crippen LogP contribution in [0.15, 0.2) is 22.7 Å². The minimum atomic E-state index is -3.29. The zero-order chi connectivity index (χ0) is 13.1. The van der Waals surface area contributed by atoms with Gasteiger partial charge in [-0.2, -0.15) is 0 Å². The SMILES string of the molecule is Cc1cc(Br)ccc1C(=O)NCC(F)(F)CO. The van der Waals surface area contributed by atoms with Crippen molar-refractivity contribution in [1.82, 2.24) is 5.32 Å². The molecule has 0 heterocycles. The summed E-state index contributed by atoms with van der Waals surface area (Å²) in [6.07, 6.45) is 0. The third-order valence-electron chi connectivity index (χ3n) is 2.17. The highest BCUT2D eigenvalue weighted by molar-refractivity contribution is 9.10. The number of amides is 1. The molecule has 0 saturated carbocycles. The average molecular weight is 308 g/mol. The van der Waals surface area contributed by atoms with Crippen molar-refractivity contribution in [3.05, 3.63) is 33.8 Å². The Morgan fingerprint density at radius 3 is 2.71 bits per heavy atom. The summed E-state index contributed by atoms with van der Waals surface area (Å²) in [7, 11) is 0. The van der Waals surface area contributed by atoms with Gasteiger partial charge in [-0.1, -0.05) is 15.9 Å². The summed E-state index contributed by atoms with van der Waals surface area (Å²) in [5, 5.41) is 10.4. The fourth-order valence-corrected chi connectivity index (χ4v) is 1.72. The lowest BCUT2D eigenvalue weighted by Crippen LogP contribution is -2.39. The van der Waals surface area contributed by atoms with Gasteiger partial charge in [0.1, 0.15) is 6.61 Å². The highest BCUT2D eigenvalue weighted by Crippen LogP contribution is 2.16. The number of halogens is 3. The second-order valence-electron chi connectivity index (χ2n) is 3.66. The van der Waals surface area contributed by atoms with Crippen molar-refractivity contribution in [2.24, 2.45) is 0 Å². The third kappa shape index (κ3) is 4.05. The Labute approximate surface area is 106 Å². The Morgan fingerprint density at radius 2 is 2.18 bits per heavy atom. The van der Waals surface area contributed by atoms with E-state index < -0.39 is 25.0 Å². The lowest BCUT2D eigenvalue weighted by molar-refractivity contribution is -0.0462. The van der Waals surface area contributed by atoms with E-state index in [9.17, 15) is 13.6 Å². The largest absolute Gasteiger partial charge is 0.390 e. The minimum Gasteiger partial charge on any atom is -0.390 e. The molecule has 0 aliphatic heterocycles. The van der Waals surface area contributed by atoms with Crippen LogP contribution < -0.4 is 5.32 Å². The average Bonchev–Trinajstić information content (AvgIpc) is 2.26. The molecule has 2 N–H and O–H groups in total. The number of aliphatic hydroxyl groups excluding tert-OH is 1. The van der Waals surface area contributed by atoms with Gasteiger partial charge in [-0.25, -0.2) is 8.78 Å². The standard InChI is InChI=1S/C11H12BrF2NO2/c1-7-4-8(12)2-3-9(7)10(17)15-5-11(13,14)6-16/h2-4,16H,5-6H2,1H3,(H,15,17). The highest BCUT2D eigenvalue weighted by Gasteiger charge is 2.28. The van der Waals surface area contributed by atoms with Gasteiger partial charge in [-0.05, 0) is 30.7 Å². The number of aliphatic hydroxyl groups is 1. The summed E-state index contributed by atoms with van der Waals surface area (Å²) in [5.74, 6) is -3.87. The summed E-state index contributed by atoms with van der Waals surface area (Å²) in [5.41, 5.74) is 1.02. The smallest absolute Gasteiger partial charge is 0.287 e. The topological polar surface area (TPSA) is 49.3 Å². The van der Waals surface area contributed by atoms with Gasteiger partial charge >= 0.3 is 0 Å². The maximum absolute atomic E-state index is 12.7. The normalized spacial score (nSPS) is 11.4. The number of carbonyl (C=O) groups is 1. The van der Waals surface area contributed by atoms with E-state index in [1.165, 1.54) is 0 Å². The van der Waals surface area contributed by atoms with Crippen LogP contribution in [-0.2, 0) is 0 Å². The Morgan fingerprint density at radius 1 is 1.53 bits per heavy atom. The first-order chi connectivity index (χ1) is 7.85. The molecule has 0 aromatic heterocycles. The number of hydrogen-bond donors (Lipinski definition) is 2. The molecule has 1 aromatic carbocycles. The zero-order valence-corrected chi connectivity index (χ0v) is 10.7. The monoisotopic (exact) mass is 307 g/mol. The predicted molar refractivity (Wildman–Crippen MR) is 63.2 cm³/mol. The Kier molecular flexibility index (Phi) is 4.59. The van der Waals surface area contributed by atoms with Gasteiger partial charge in [0, 0.05) is 10.0 Å². The van der Waals surface area contributed by atoms with Crippen LogP contribution in [0.5, 0.6) is 0 Å². The maximum Gasteiger partial charge on any atom is 0.287 e. The lowest BCUT2D eigenvalue weighted by Gasteiger charge is -2.14. The molecular formula is C11H12BrF2NO2. The fourth-order valence-electron chi connectivity index (χ4n) is 1.24. The number of carbonyl (C=O) groups excluding carboxylic acids is 1. The minimum absolute atomic E-state index is 0.335. The molecule has 0 fully saturated rings. The number of nitrogens with one attached hydrogen (secondary N) is 1. The van der Waals surface area contributed by atoms with Gasteiger partial charge in [0.15, 0.2) is 0 Å². The molecule has 3 nitrogen and oxygen atoms in total. The van der Waals surface area contributed by atoms with E-state index in [4.69, 9.17) is 5.11 Å². The molecule has 0 aliphatic rings. The first-order valence-corrected chi connectivity index (χ1v) is 5.68. The molecule has 0 radical (unpaired) electrons. The van der Waals surface area contributed by atoms with Gasteiger partial charge in [-0.3, -0.25) is 4.79 Å². The Balaban J connectivity index is 2.71. The first kappa shape index (κ1) is 14.1. The summed E-state index contributed by atoms with van der Waals surface area (Å²) in [6, 6.07) is 4.93. The van der Waals surface area contributed by atoms with Crippen LogP contribution in [0.2, 0.25) is 0 Å². The summed E-state index contributed by atoms with van der Waals surface area (Å²) >= 11 is 3.24. The first-order valence-electron chi connectivity index (χ1n) is 4.89. The lowest BCUT2D eigenvalue weighted by atomic mass is 10.1. The summed E-state index contributed by atoms with van der Waals surface area (Å²) < 4.78 is 26.3. The van der Waals surface area contributed by atoms with Crippen LogP contribution in [0.1, 0.15) is 15.9 Å². The number of rotatable bonds is 4. The summed E-state index contributed by atoms with van der Waals surface area (Å²) in [6.45, 7) is -0.450. The van der Waals surface area contributed by atoms with E-state index in [-0.39, 0.29) is 0 Å². The molecular weight excluding hydrogens is 296 g/mol. The quantitative estimate of drug-likeness (QED) is 0.895. The van der Waals surface area contributed by atoms with Gasteiger partial charge in [0.2, 0.25) is 0 Å². The Hall–Kier alpha value is -1.01. The maximum atomic E-state index is 12.7. The second-order valence-corrected chi connectivity index (χ2v) is 4.57. The van der Waals surface area contributed by atoms with Gasteiger partial charge < -0.3 is 10.4 Å². The van der Waals surface area contributed by atoms with Gasteiger partial charge in [-0.15, -0.1) is 0 Å². The number of alkyl halides is 2. The molecule has 0 aliphatic carbocycles. The molecule has 1 aromatic rings. The molecule has 0 atom stereocenters. The fraction of sp³-hybridized carbons (Fsp3) is 0.364. The van der Waals surface area contributed by atoms with Gasteiger partial charge in [0.05, 0.1) is 6.54 Å². The van der Waals surface area contributed by atoms with Crippen molar-refractivity contribution < 1.29 is 18.7 Å². The van der Waals surface area contributed by atoms with Crippen LogP contribution in [0.3, 0.4) is 0 Å². The van der Waals surface area contributed by atoms with Crippen LogP contribution in [0, 0.1) is 6.92 Å². The van der Waals surface area contributed by atoms with Crippen molar-refractivity contribution in [2.75, 3.05) is 13.2 Å². The van der Waals surface area contributed by atoms with Crippen molar-refractivity contribution in [2.45, 2.75) is 12.8 Å². The van der Waals surface area contributed by atoms with Gasteiger partial charge in [0.25, 0.3) is 11.8 Å². The number of benzene rings is 1. The molecule has 94 valence electrons. The van der Waals surface area contributed by atoms with E-state index in [2.05, 4.69) is 21.2 Å². The van der Waals surface area contributed by atoms with Crippen molar-refractivity contribution in [3.8, 4) is 0 Å². The molecule has 17 heavy (non-hydrogen) atoms. The van der Waals surface area contributed by atoms with E-state index in [1.807, 2.05) is 0 Å². The zero-order valence-electron chi connectivity index (χ0n) is 9.14. The van der Waals surface area contributed by atoms with Crippen LogP contribution in [0.4, 0.5) is 8.78 Å². The molecule has 6 heteroatoms. The van der Waals surface area contributed by atoms with Crippen molar-refractivity contribution >= 4 is 21.8 Å². The molecule has 0 bridgehead atoms. The Bertz CT molecular complexity index is 424. The van der Waals surface area contributed by atoms with E-state index in [0.717, 1.165) is 4.47 Å². The number of hydrogen-bond acceptors (Lipinski definition) is 2. The predicted octanol–water partition coefficient (Wildman–Crippen LogP) is 2.11. The van der Waals surface area contributed by atoms with Crippen LogP contribution in [-0.4, -0.2) is 30.1 Å². The third-order valence-corrected chi connectivity index (χ3v) is 2.67. The van der Waals surface area contributed by atoms with E-state index in [0.29, 0.717) is 11.1 Å². The van der Waals surface area contributed by atoms with Crippen LogP contribution >= 0.6 is 15.9 Å². The van der Waals surface area contributed by atoms with Crippen molar-refractivity contribution in [3.63, 3.8) is 0 Å². The van der Waals surface area contributed by atoms with Crippen molar-refractivity contribution in [1.29, 1.82) is 0 Å². The second kappa shape index (κ2) is 5.55. The molecule has 0 spiro atoms. The van der Waals surface area contributed by atoms with E-state index >= 15 is 0 Å². The van der Waals surface area contributed by atoms with E-state index in [1.54, 1.807) is 25.1 Å². The molecule has 0 unspecified atom stereocenters. The van der Waals surface area contributed by atoms with Crippen LogP contribution in [0.25, 0.3) is 0 Å². The summed E-state index contributed by atoms with van der Waals surface area (Å²) in [4.78, 5) is 11.6. The molecule has 1 amide bonds. The molecule has 1 rings (SSSR count). The molecule has 0 saturated heterocycles.